The van der Waals surface area contributed by atoms with Gasteiger partial charge >= 0.3 is 5.97 Å². The quantitative estimate of drug-likeness (QED) is 0.734. The minimum Gasteiger partial charge on any atom is -0.465 e. The van der Waals surface area contributed by atoms with Gasteiger partial charge in [0.15, 0.2) is 0 Å². The first kappa shape index (κ1) is 14.4. The molecule has 1 unspecified atom stereocenters. The van der Waals surface area contributed by atoms with Crippen LogP contribution in [-0.2, 0) is 19.6 Å². The van der Waals surface area contributed by atoms with Crippen LogP contribution in [0.25, 0.3) is 0 Å². The van der Waals surface area contributed by atoms with Crippen molar-refractivity contribution < 1.29 is 22.7 Å². The number of nitrogens with zero attached hydrogens (tertiary/aromatic N) is 2. The number of sulfonamides is 1. The van der Waals surface area contributed by atoms with Crippen LogP contribution in [0, 0.1) is 0 Å². The summed E-state index contributed by atoms with van der Waals surface area (Å²) >= 11 is 0. The second-order valence-electron chi connectivity index (χ2n) is 4.29. The summed E-state index contributed by atoms with van der Waals surface area (Å²) in [4.78, 5) is 28.6. The van der Waals surface area contributed by atoms with Crippen LogP contribution >= 0.6 is 0 Å². The first-order chi connectivity index (χ1) is 9.34. The Bertz CT molecular complexity index is 658. The number of carbonyl (C=O) groups is 2. The monoisotopic (exact) mass is 299 g/mol. The molecular weight excluding hydrogens is 286 g/mol. The lowest BCUT2D eigenvalue weighted by Gasteiger charge is -2.17. The Kier molecular flexibility index (Phi) is 3.73. The van der Waals surface area contributed by atoms with Crippen molar-refractivity contribution in [1.29, 1.82) is 0 Å². The van der Waals surface area contributed by atoms with Gasteiger partial charge in [-0.05, 0) is 12.1 Å². The zero-order valence-electron chi connectivity index (χ0n) is 10.6. The van der Waals surface area contributed by atoms with Crippen LogP contribution < -0.4 is 10.0 Å². The van der Waals surface area contributed by atoms with Gasteiger partial charge in [-0.2, -0.15) is 0 Å². The summed E-state index contributed by atoms with van der Waals surface area (Å²) in [7, 11) is -2.62. The number of carbonyl (C=O) groups excluding carboxylic acids is 2. The third-order valence-electron chi connectivity index (χ3n) is 3.00. The summed E-state index contributed by atoms with van der Waals surface area (Å²) in [6.45, 7) is -0.126. The van der Waals surface area contributed by atoms with Crippen LogP contribution in [0.2, 0.25) is 0 Å². The molecule has 0 bridgehead atoms. The number of anilines is 1. The Balaban J connectivity index is 2.38. The molecule has 1 fully saturated rings. The Morgan fingerprint density at radius 3 is 2.80 bits per heavy atom. The largest absolute Gasteiger partial charge is 0.465 e. The zero-order valence-corrected chi connectivity index (χ0v) is 11.5. The highest BCUT2D eigenvalue weighted by Gasteiger charge is 2.39. The molecule has 0 aromatic carbocycles. The van der Waals surface area contributed by atoms with Gasteiger partial charge in [0.1, 0.15) is 16.6 Å². The van der Waals surface area contributed by atoms with Gasteiger partial charge in [0, 0.05) is 19.2 Å². The Labute approximate surface area is 115 Å². The summed E-state index contributed by atoms with van der Waals surface area (Å²) in [5.74, 6) is -1.02. The van der Waals surface area contributed by atoms with E-state index in [1.54, 1.807) is 0 Å². The molecule has 0 saturated carbocycles. The first-order valence-electron chi connectivity index (χ1n) is 5.70. The molecule has 1 aromatic heterocycles. The van der Waals surface area contributed by atoms with Crippen molar-refractivity contribution in [3.63, 3.8) is 0 Å². The molecule has 108 valence electrons. The average molecular weight is 299 g/mol. The van der Waals surface area contributed by atoms with Crippen molar-refractivity contribution in [3.8, 4) is 0 Å². The molecule has 0 radical (unpaired) electrons. The second-order valence-corrected chi connectivity index (χ2v) is 6.13. The maximum atomic E-state index is 11.9. The summed E-state index contributed by atoms with van der Waals surface area (Å²) in [6, 6.07) is 2.97. The van der Waals surface area contributed by atoms with Gasteiger partial charge < -0.3 is 4.74 Å². The fourth-order valence-corrected chi connectivity index (χ4v) is 2.71. The second kappa shape index (κ2) is 5.17. The van der Waals surface area contributed by atoms with E-state index in [0.717, 1.165) is 4.90 Å². The smallest absolute Gasteiger partial charge is 0.341 e. The van der Waals surface area contributed by atoms with Crippen molar-refractivity contribution in [3.05, 3.63) is 23.9 Å². The number of hydrogen-bond donors (Lipinski definition) is 1. The number of rotatable bonds is 3. The van der Waals surface area contributed by atoms with Gasteiger partial charge in [-0.15, -0.1) is 0 Å². The van der Waals surface area contributed by atoms with Gasteiger partial charge in [-0.3, -0.25) is 9.69 Å². The number of aromatic nitrogens is 1. The summed E-state index contributed by atoms with van der Waals surface area (Å²) in [6.07, 6.45) is 1.18. The van der Waals surface area contributed by atoms with Crippen LogP contribution in [0.4, 0.5) is 5.82 Å². The van der Waals surface area contributed by atoms with Crippen molar-refractivity contribution in [1.82, 2.24) is 4.98 Å². The van der Waals surface area contributed by atoms with Crippen LogP contribution in [0.5, 0.6) is 0 Å². The molecule has 0 spiro atoms. The van der Waals surface area contributed by atoms with Gasteiger partial charge in [-0.25, -0.2) is 23.3 Å². The van der Waals surface area contributed by atoms with Crippen LogP contribution in [0.15, 0.2) is 18.3 Å². The number of esters is 1. The third-order valence-corrected chi connectivity index (χ3v) is 4.25. The Morgan fingerprint density at radius 2 is 2.25 bits per heavy atom. The molecule has 1 aromatic rings. The Hall–Kier alpha value is -2.00. The number of primary sulfonamides is 1. The molecular formula is C11H13N3O5S. The number of hydrogen-bond acceptors (Lipinski definition) is 6. The van der Waals surface area contributed by atoms with Crippen molar-refractivity contribution in [2.75, 3.05) is 18.6 Å². The highest BCUT2D eigenvalue weighted by Crippen LogP contribution is 2.25. The molecule has 1 amide bonds. The minimum atomic E-state index is -3.82. The van der Waals surface area contributed by atoms with E-state index in [1.807, 2.05) is 0 Å². The molecule has 0 aliphatic carbocycles. The van der Waals surface area contributed by atoms with Crippen LogP contribution in [0.1, 0.15) is 16.8 Å². The lowest BCUT2D eigenvalue weighted by atomic mass is 10.2. The van der Waals surface area contributed by atoms with E-state index in [0.29, 0.717) is 0 Å². The van der Waals surface area contributed by atoms with Crippen molar-refractivity contribution in [2.45, 2.75) is 11.7 Å². The van der Waals surface area contributed by atoms with E-state index in [-0.39, 0.29) is 24.3 Å². The summed E-state index contributed by atoms with van der Waals surface area (Å²) in [5, 5.41) is 4.05. The van der Waals surface area contributed by atoms with Gasteiger partial charge in [-0.1, -0.05) is 0 Å². The van der Waals surface area contributed by atoms with E-state index in [9.17, 15) is 18.0 Å². The van der Waals surface area contributed by atoms with Gasteiger partial charge in [0.25, 0.3) is 0 Å². The molecule has 20 heavy (non-hydrogen) atoms. The number of ether oxygens (including phenoxy) is 1. The van der Waals surface area contributed by atoms with Gasteiger partial charge in [0.2, 0.25) is 15.9 Å². The number of amides is 1. The molecule has 9 heteroatoms. The zero-order chi connectivity index (χ0) is 14.9. The Morgan fingerprint density at radius 1 is 1.55 bits per heavy atom. The highest BCUT2D eigenvalue weighted by atomic mass is 32.2. The molecule has 1 aliphatic rings. The lowest BCUT2D eigenvalue weighted by Crippen LogP contribution is -2.33. The van der Waals surface area contributed by atoms with E-state index < -0.39 is 27.1 Å². The van der Waals surface area contributed by atoms with Gasteiger partial charge in [0.05, 0.1) is 7.11 Å². The van der Waals surface area contributed by atoms with Crippen LogP contribution in [-0.4, -0.2) is 44.2 Å². The maximum absolute atomic E-state index is 11.9. The summed E-state index contributed by atoms with van der Waals surface area (Å²) < 4.78 is 27.2. The van der Waals surface area contributed by atoms with E-state index in [2.05, 4.69) is 9.72 Å². The van der Waals surface area contributed by atoms with E-state index in [4.69, 9.17) is 5.14 Å². The third kappa shape index (κ3) is 2.63. The first-order valence-corrected chi connectivity index (χ1v) is 7.31. The highest BCUT2D eigenvalue weighted by molar-refractivity contribution is 7.89. The number of pyridine rings is 1. The molecule has 2 rings (SSSR count). The van der Waals surface area contributed by atoms with E-state index in [1.165, 1.54) is 25.4 Å². The normalized spacial score (nSPS) is 19.2. The molecule has 8 nitrogen and oxygen atoms in total. The molecule has 1 saturated heterocycles. The molecule has 2 heterocycles. The summed E-state index contributed by atoms with van der Waals surface area (Å²) in [5.41, 5.74) is 0.0958. The van der Waals surface area contributed by atoms with Crippen molar-refractivity contribution >= 4 is 27.7 Å². The fourth-order valence-electron chi connectivity index (χ4n) is 1.98. The minimum absolute atomic E-state index is 0.0792. The average Bonchev–Trinajstić information content (AvgIpc) is 2.80. The maximum Gasteiger partial charge on any atom is 0.341 e. The number of nitrogens with two attached hydrogens (primary N) is 1. The predicted molar refractivity (Wildman–Crippen MR) is 69.4 cm³/mol. The van der Waals surface area contributed by atoms with Crippen molar-refractivity contribution in [2.24, 2.45) is 5.14 Å². The molecule has 1 atom stereocenters. The predicted octanol–water partition coefficient (Wildman–Crippen LogP) is -0.738. The molecule has 1 aliphatic heterocycles. The number of methoxy groups -OCH3 is 1. The molecule has 2 N–H and O–H groups in total. The topological polar surface area (TPSA) is 120 Å². The SMILES string of the molecule is COC(=O)c1cccnc1N1CC(S(N)(=O)=O)CC1=O. The van der Waals surface area contributed by atoms with Crippen LogP contribution in [0.3, 0.4) is 0 Å². The fraction of sp³-hybridized carbons (Fsp3) is 0.364. The lowest BCUT2D eigenvalue weighted by molar-refractivity contribution is -0.117. The standard InChI is InChI=1S/C11H13N3O5S/c1-19-11(16)8-3-2-4-13-10(8)14-6-7(5-9(14)15)20(12,17)18/h2-4,7H,5-6H2,1H3,(H2,12,17,18). The van der Waals surface area contributed by atoms with E-state index >= 15 is 0 Å².